The van der Waals surface area contributed by atoms with E-state index in [9.17, 15) is 0 Å². The van der Waals surface area contributed by atoms with Crippen LogP contribution < -0.4 is 5.32 Å². The average Bonchev–Trinajstić information content (AvgIpc) is 2.92. The van der Waals surface area contributed by atoms with E-state index in [4.69, 9.17) is 4.74 Å². The Morgan fingerprint density at radius 1 is 1.42 bits per heavy atom. The predicted octanol–water partition coefficient (Wildman–Crippen LogP) is 1.29. The van der Waals surface area contributed by atoms with Crippen molar-refractivity contribution in [2.75, 3.05) is 46.9 Å². The van der Waals surface area contributed by atoms with Gasteiger partial charge in [-0.3, -0.25) is 0 Å². The lowest BCUT2D eigenvalue weighted by Crippen LogP contribution is -2.52. The summed E-state index contributed by atoms with van der Waals surface area (Å²) < 4.78 is 5.78. The number of rotatable bonds is 6. The lowest BCUT2D eigenvalue weighted by Gasteiger charge is -2.39. The zero-order valence-corrected chi connectivity index (χ0v) is 12.7. The van der Waals surface area contributed by atoms with Gasteiger partial charge in [0.25, 0.3) is 0 Å². The van der Waals surface area contributed by atoms with Gasteiger partial charge in [0, 0.05) is 32.1 Å². The Labute approximate surface area is 117 Å². The van der Waals surface area contributed by atoms with Gasteiger partial charge in [0.05, 0.1) is 12.6 Å². The fraction of sp³-hybridized carbons (Fsp3) is 0.867. The molecule has 2 unspecified atom stereocenters. The van der Waals surface area contributed by atoms with Gasteiger partial charge in [0.1, 0.15) is 5.76 Å². The molecule has 0 spiro atoms. The van der Waals surface area contributed by atoms with E-state index in [2.05, 4.69) is 42.2 Å². The fourth-order valence-corrected chi connectivity index (χ4v) is 2.93. The first-order chi connectivity index (χ1) is 9.20. The van der Waals surface area contributed by atoms with E-state index in [0.29, 0.717) is 12.1 Å². The van der Waals surface area contributed by atoms with Crippen LogP contribution in [0, 0.1) is 0 Å². The molecule has 4 heteroatoms. The van der Waals surface area contributed by atoms with E-state index < -0.39 is 0 Å². The first kappa shape index (κ1) is 14.8. The molecule has 0 aromatic carbocycles. The number of hydrogen-bond donors (Lipinski definition) is 1. The highest BCUT2D eigenvalue weighted by Crippen LogP contribution is 2.20. The second-order valence-electron chi connectivity index (χ2n) is 5.88. The van der Waals surface area contributed by atoms with Crippen molar-refractivity contribution in [3.8, 4) is 0 Å². The van der Waals surface area contributed by atoms with Crippen molar-refractivity contribution in [2.24, 2.45) is 0 Å². The van der Waals surface area contributed by atoms with Gasteiger partial charge in [-0.1, -0.05) is 6.92 Å². The van der Waals surface area contributed by atoms with Crippen molar-refractivity contribution in [1.82, 2.24) is 15.1 Å². The zero-order chi connectivity index (χ0) is 13.7. The molecule has 110 valence electrons. The van der Waals surface area contributed by atoms with E-state index in [0.717, 1.165) is 32.5 Å². The highest BCUT2D eigenvalue weighted by Gasteiger charge is 2.28. The summed E-state index contributed by atoms with van der Waals surface area (Å²) in [4.78, 5) is 4.93. The third kappa shape index (κ3) is 4.20. The van der Waals surface area contributed by atoms with Crippen LogP contribution >= 0.6 is 0 Å². The van der Waals surface area contributed by atoms with Crippen LogP contribution in [0.1, 0.15) is 26.2 Å². The Morgan fingerprint density at radius 2 is 2.26 bits per heavy atom. The summed E-state index contributed by atoms with van der Waals surface area (Å²) in [6.45, 7) is 7.65. The normalized spacial score (nSPS) is 27.1. The van der Waals surface area contributed by atoms with Crippen LogP contribution in [-0.4, -0.2) is 68.8 Å². The van der Waals surface area contributed by atoms with Crippen molar-refractivity contribution in [3.63, 3.8) is 0 Å². The van der Waals surface area contributed by atoms with Gasteiger partial charge < -0.3 is 19.9 Å². The maximum absolute atomic E-state index is 5.78. The van der Waals surface area contributed by atoms with Crippen molar-refractivity contribution in [3.05, 3.63) is 11.8 Å². The number of likely N-dealkylation sites (N-methyl/N-ethyl adjacent to an activating group) is 2. The summed E-state index contributed by atoms with van der Waals surface area (Å²) in [7, 11) is 4.47. The van der Waals surface area contributed by atoms with Crippen LogP contribution in [0.15, 0.2) is 11.8 Å². The van der Waals surface area contributed by atoms with Gasteiger partial charge in [0.15, 0.2) is 0 Å². The molecule has 2 aliphatic rings. The van der Waals surface area contributed by atoms with Crippen molar-refractivity contribution >= 4 is 0 Å². The Bertz CT molecular complexity index is 306. The minimum absolute atomic E-state index is 0.390. The molecule has 0 amide bonds. The maximum atomic E-state index is 5.78. The van der Waals surface area contributed by atoms with Gasteiger partial charge in [-0.05, 0) is 39.6 Å². The Kier molecular flexibility index (Phi) is 5.67. The van der Waals surface area contributed by atoms with Crippen LogP contribution in [-0.2, 0) is 4.74 Å². The number of nitrogens with one attached hydrogen (secondary N) is 1. The lowest BCUT2D eigenvalue weighted by atomic mass is 10.0. The number of ether oxygens (including phenoxy) is 1. The Morgan fingerprint density at radius 3 is 2.95 bits per heavy atom. The molecule has 0 bridgehead atoms. The molecule has 4 nitrogen and oxygen atoms in total. The van der Waals surface area contributed by atoms with Crippen LogP contribution in [0.5, 0.6) is 0 Å². The smallest absolute Gasteiger partial charge is 0.109 e. The summed E-state index contributed by atoms with van der Waals surface area (Å²) in [5, 5.41) is 3.66. The van der Waals surface area contributed by atoms with Gasteiger partial charge in [-0.15, -0.1) is 0 Å². The molecule has 2 atom stereocenters. The van der Waals surface area contributed by atoms with Gasteiger partial charge in [0.2, 0.25) is 0 Å². The summed E-state index contributed by atoms with van der Waals surface area (Å²) in [5.74, 6) is 1.18. The van der Waals surface area contributed by atoms with Crippen LogP contribution in [0.2, 0.25) is 0 Å². The molecule has 2 heterocycles. The molecule has 0 aromatic heterocycles. The first-order valence-corrected chi connectivity index (χ1v) is 7.65. The third-order valence-electron chi connectivity index (χ3n) is 4.20. The van der Waals surface area contributed by atoms with E-state index >= 15 is 0 Å². The van der Waals surface area contributed by atoms with Crippen molar-refractivity contribution in [1.29, 1.82) is 0 Å². The van der Waals surface area contributed by atoms with Crippen molar-refractivity contribution in [2.45, 2.75) is 38.3 Å². The summed E-state index contributed by atoms with van der Waals surface area (Å²) in [5.41, 5.74) is 0. The second kappa shape index (κ2) is 7.27. The number of hydrogen-bond acceptors (Lipinski definition) is 4. The largest absolute Gasteiger partial charge is 0.496 e. The first-order valence-electron chi connectivity index (χ1n) is 7.65. The molecule has 0 saturated carbocycles. The molecule has 0 radical (unpaired) electrons. The molecule has 1 saturated heterocycles. The minimum Gasteiger partial charge on any atom is -0.496 e. The minimum atomic E-state index is 0.390. The lowest BCUT2D eigenvalue weighted by molar-refractivity contribution is 0.0965. The Hall–Kier alpha value is -0.580. The second-order valence-corrected chi connectivity index (χ2v) is 5.88. The quantitative estimate of drug-likeness (QED) is 0.785. The van der Waals surface area contributed by atoms with Gasteiger partial charge in [-0.25, -0.2) is 0 Å². The summed E-state index contributed by atoms with van der Waals surface area (Å²) in [6.07, 6.45) is 5.65. The maximum Gasteiger partial charge on any atom is 0.109 e. The van der Waals surface area contributed by atoms with Crippen molar-refractivity contribution < 1.29 is 4.74 Å². The molecular weight excluding hydrogens is 238 g/mol. The van der Waals surface area contributed by atoms with Gasteiger partial charge >= 0.3 is 0 Å². The molecule has 2 aliphatic heterocycles. The van der Waals surface area contributed by atoms with E-state index in [-0.39, 0.29) is 0 Å². The highest BCUT2D eigenvalue weighted by molar-refractivity contribution is 5.08. The van der Waals surface area contributed by atoms with E-state index in [1.165, 1.54) is 25.3 Å². The fourth-order valence-electron chi connectivity index (χ4n) is 2.93. The topological polar surface area (TPSA) is 27.7 Å². The predicted molar refractivity (Wildman–Crippen MR) is 79.3 cm³/mol. The molecule has 19 heavy (non-hydrogen) atoms. The van der Waals surface area contributed by atoms with Crippen LogP contribution in [0.25, 0.3) is 0 Å². The molecule has 0 aromatic rings. The standard InChI is InChI=1S/C15H29N3O/c1-4-7-16-14(15-6-5-10-19-15)11-13-12-17(2)8-9-18(13)3/h6,13-14,16H,4-5,7-12H2,1-3H3. The summed E-state index contributed by atoms with van der Waals surface area (Å²) in [6, 6.07) is 1.01. The van der Waals surface area contributed by atoms with E-state index in [1.807, 2.05) is 0 Å². The number of nitrogens with zero attached hydrogens (tertiary/aromatic N) is 2. The van der Waals surface area contributed by atoms with Gasteiger partial charge in [-0.2, -0.15) is 0 Å². The zero-order valence-electron chi connectivity index (χ0n) is 12.7. The average molecular weight is 267 g/mol. The SMILES string of the molecule is CCCNC(CC1CN(C)CCN1C)C1=CCCO1. The molecule has 1 N–H and O–H groups in total. The van der Waals surface area contributed by atoms with E-state index in [1.54, 1.807) is 0 Å². The third-order valence-corrected chi connectivity index (χ3v) is 4.20. The summed E-state index contributed by atoms with van der Waals surface area (Å²) >= 11 is 0. The molecule has 0 aliphatic carbocycles. The molecular formula is C15H29N3O. The highest BCUT2D eigenvalue weighted by atomic mass is 16.5. The Balaban J connectivity index is 1.93. The molecule has 2 rings (SSSR count). The van der Waals surface area contributed by atoms with Crippen LogP contribution in [0.3, 0.4) is 0 Å². The monoisotopic (exact) mass is 267 g/mol. The molecule has 1 fully saturated rings. The van der Waals surface area contributed by atoms with Crippen LogP contribution in [0.4, 0.5) is 0 Å². The number of piperazine rings is 1.